The molecule has 3 rings (SSSR count). The molecule has 5 nitrogen and oxygen atoms in total. The predicted molar refractivity (Wildman–Crippen MR) is 72.9 cm³/mol. The Hall–Kier alpha value is -2.69. The Kier molecular flexibility index (Phi) is 2.52. The van der Waals surface area contributed by atoms with E-state index >= 15 is 0 Å². The number of hydrogen-bond acceptors (Lipinski definition) is 3. The quantitative estimate of drug-likeness (QED) is 0.561. The van der Waals surface area contributed by atoms with Crippen molar-refractivity contribution < 1.29 is 4.92 Å². The van der Waals surface area contributed by atoms with Gasteiger partial charge in [-0.3, -0.25) is 15.2 Å². The van der Waals surface area contributed by atoms with Crippen molar-refractivity contribution in [2.45, 2.75) is 6.92 Å². The van der Waals surface area contributed by atoms with E-state index in [1.54, 1.807) is 19.1 Å². The average molecular weight is 253 g/mol. The van der Waals surface area contributed by atoms with Crippen molar-refractivity contribution in [3.8, 4) is 11.3 Å². The summed E-state index contributed by atoms with van der Waals surface area (Å²) in [5, 5.41) is 19.0. The van der Waals surface area contributed by atoms with Gasteiger partial charge in [-0.05, 0) is 13.0 Å². The van der Waals surface area contributed by atoms with Gasteiger partial charge in [-0.1, -0.05) is 30.3 Å². The number of nitro benzene ring substituents is 1. The number of hydrogen-bond donors (Lipinski definition) is 1. The number of aryl methyl sites for hydroxylation is 1. The summed E-state index contributed by atoms with van der Waals surface area (Å²) in [7, 11) is 0. The monoisotopic (exact) mass is 253 g/mol. The highest BCUT2D eigenvalue weighted by Crippen LogP contribution is 2.31. The van der Waals surface area contributed by atoms with Gasteiger partial charge in [0.15, 0.2) is 0 Å². The molecule has 3 aromatic rings. The summed E-state index contributed by atoms with van der Waals surface area (Å²) in [6.45, 7) is 1.72. The number of rotatable bonds is 2. The van der Waals surface area contributed by atoms with Crippen molar-refractivity contribution in [3.63, 3.8) is 0 Å². The van der Waals surface area contributed by atoms with Crippen LogP contribution >= 0.6 is 0 Å². The molecule has 2 aromatic carbocycles. The van der Waals surface area contributed by atoms with Gasteiger partial charge in [0.25, 0.3) is 5.69 Å². The Morgan fingerprint density at radius 3 is 2.63 bits per heavy atom. The summed E-state index contributed by atoms with van der Waals surface area (Å²) >= 11 is 0. The number of H-pyrrole nitrogens is 1. The van der Waals surface area contributed by atoms with E-state index in [2.05, 4.69) is 10.2 Å². The zero-order chi connectivity index (χ0) is 13.4. The van der Waals surface area contributed by atoms with Crippen LogP contribution in [-0.2, 0) is 0 Å². The second-order valence-corrected chi connectivity index (χ2v) is 4.38. The number of nitro groups is 1. The van der Waals surface area contributed by atoms with Crippen molar-refractivity contribution in [3.05, 3.63) is 58.1 Å². The van der Waals surface area contributed by atoms with Crippen LogP contribution in [0.5, 0.6) is 0 Å². The van der Waals surface area contributed by atoms with E-state index in [1.807, 2.05) is 30.3 Å². The Balaban J connectivity index is 2.28. The molecule has 1 aromatic heterocycles. The van der Waals surface area contributed by atoms with Gasteiger partial charge in [0.05, 0.1) is 10.4 Å². The maximum atomic E-state index is 11.0. The first-order valence-corrected chi connectivity index (χ1v) is 5.85. The van der Waals surface area contributed by atoms with Gasteiger partial charge in [-0.25, -0.2) is 0 Å². The van der Waals surface area contributed by atoms with Gasteiger partial charge in [0, 0.05) is 22.6 Å². The highest BCUT2D eigenvalue weighted by atomic mass is 16.6. The summed E-state index contributed by atoms with van der Waals surface area (Å²) in [5.74, 6) is 0. The summed E-state index contributed by atoms with van der Waals surface area (Å²) in [6, 6.07) is 13.0. The van der Waals surface area contributed by atoms with Gasteiger partial charge in [-0.2, -0.15) is 5.10 Å². The van der Waals surface area contributed by atoms with Gasteiger partial charge < -0.3 is 0 Å². The van der Waals surface area contributed by atoms with Crippen molar-refractivity contribution >= 4 is 16.6 Å². The first kappa shape index (κ1) is 11.4. The van der Waals surface area contributed by atoms with Crippen molar-refractivity contribution in [1.29, 1.82) is 0 Å². The molecule has 0 spiro atoms. The van der Waals surface area contributed by atoms with Crippen LogP contribution in [0.2, 0.25) is 0 Å². The fourth-order valence-electron chi connectivity index (χ4n) is 2.17. The van der Waals surface area contributed by atoms with Crippen LogP contribution in [0.1, 0.15) is 5.56 Å². The maximum absolute atomic E-state index is 11.0. The third-order valence-corrected chi connectivity index (χ3v) is 3.12. The summed E-state index contributed by atoms with van der Waals surface area (Å²) in [4.78, 5) is 10.6. The van der Waals surface area contributed by atoms with Crippen LogP contribution in [0.25, 0.3) is 22.2 Å². The third kappa shape index (κ3) is 1.85. The highest BCUT2D eigenvalue weighted by molar-refractivity contribution is 5.94. The Bertz CT molecular complexity index is 763. The maximum Gasteiger partial charge on any atom is 0.273 e. The topological polar surface area (TPSA) is 71.8 Å². The van der Waals surface area contributed by atoms with Gasteiger partial charge in [0.1, 0.15) is 5.69 Å². The molecule has 0 aliphatic rings. The molecule has 5 heteroatoms. The molecular formula is C14H11N3O2. The first-order valence-electron chi connectivity index (χ1n) is 5.85. The molecule has 1 heterocycles. The number of aromatic amines is 1. The summed E-state index contributed by atoms with van der Waals surface area (Å²) in [6.07, 6.45) is 0. The molecule has 0 radical (unpaired) electrons. The standard InChI is InChI=1S/C14H11N3O2/c1-9-7-12-11(8-13(9)17(18)19)14(16-15-12)10-5-3-2-4-6-10/h2-8H,1H3,(H,15,16). The lowest BCUT2D eigenvalue weighted by Gasteiger charge is -1.99. The zero-order valence-electron chi connectivity index (χ0n) is 10.3. The number of benzene rings is 2. The Labute approximate surface area is 109 Å². The zero-order valence-corrected chi connectivity index (χ0v) is 10.3. The van der Waals surface area contributed by atoms with E-state index < -0.39 is 0 Å². The largest absolute Gasteiger partial charge is 0.277 e. The second-order valence-electron chi connectivity index (χ2n) is 4.38. The van der Waals surface area contributed by atoms with Crippen LogP contribution in [-0.4, -0.2) is 15.1 Å². The fraction of sp³-hybridized carbons (Fsp3) is 0.0714. The SMILES string of the molecule is Cc1cc2[nH]nc(-c3ccccc3)c2cc1[N+](=O)[O-]. The fourth-order valence-corrected chi connectivity index (χ4v) is 2.17. The van der Waals surface area contributed by atoms with Crippen molar-refractivity contribution in [2.24, 2.45) is 0 Å². The Morgan fingerprint density at radius 1 is 1.21 bits per heavy atom. The minimum Gasteiger partial charge on any atom is -0.277 e. The van der Waals surface area contributed by atoms with Crippen LogP contribution in [0.15, 0.2) is 42.5 Å². The van der Waals surface area contributed by atoms with Gasteiger partial charge >= 0.3 is 0 Å². The third-order valence-electron chi connectivity index (χ3n) is 3.12. The molecule has 19 heavy (non-hydrogen) atoms. The number of nitrogens with one attached hydrogen (secondary N) is 1. The molecule has 0 aliphatic carbocycles. The molecule has 0 unspecified atom stereocenters. The van der Waals surface area contributed by atoms with Crippen molar-refractivity contribution in [2.75, 3.05) is 0 Å². The smallest absolute Gasteiger partial charge is 0.273 e. The van der Waals surface area contributed by atoms with Crippen LogP contribution in [0.3, 0.4) is 0 Å². The van der Waals surface area contributed by atoms with Gasteiger partial charge in [0.2, 0.25) is 0 Å². The average Bonchev–Trinajstić information content (AvgIpc) is 2.81. The molecule has 0 aliphatic heterocycles. The summed E-state index contributed by atoms with van der Waals surface area (Å²) in [5.41, 5.74) is 3.22. The molecule has 0 saturated heterocycles. The molecule has 0 amide bonds. The minimum absolute atomic E-state index is 0.117. The lowest BCUT2D eigenvalue weighted by atomic mass is 10.1. The lowest BCUT2D eigenvalue weighted by Crippen LogP contribution is -1.91. The van der Waals surface area contributed by atoms with E-state index in [1.165, 1.54) is 0 Å². The van der Waals surface area contributed by atoms with Crippen LogP contribution in [0.4, 0.5) is 5.69 Å². The number of fused-ring (bicyclic) bond motifs is 1. The normalized spacial score (nSPS) is 10.8. The molecule has 1 N–H and O–H groups in total. The Morgan fingerprint density at radius 2 is 1.95 bits per heavy atom. The lowest BCUT2D eigenvalue weighted by molar-refractivity contribution is -0.385. The molecule has 0 fully saturated rings. The van der Waals surface area contributed by atoms with Crippen LogP contribution in [0, 0.1) is 17.0 Å². The molecular weight excluding hydrogens is 242 g/mol. The molecule has 0 saturated carbocycles. The van der Waals surface area contributed by atoms with E-state index in [0.29, 0.717) is 5.56 Å². The van der Waals surface area contributed by atoms with E-state index in [0.717, 1.165) is 22.2 Å². The first-order chi connectivity index (χ1) is 9.16. The number of aromatic nitrogens is 2. The number of nitrogens with zero attached hydrogens (tertiary/aromatic N) is 2. The van der Waals surface area contributed by atoms with E-state index in [9.17, 15) is 10.1 Å². The minimum atomic E-state index is -0.365. The highest BCUT2D eigenvalue weighted by Gasteiger charge is 2.16. The predicted octanol–water partition coefficient (Wildman–Crippen LogP) is 3.45. The van der Waals surface area contributed by atoms with Crippen LogP contribution < -0.4 is 0 Å². The van der Waals surface area contributed by atoms with Gasteiger partial charge in [-0.15, -0.1) is 0 Å². The molecule has 94 valence electrons. The van der Waals surface area contributed by atoms with Crippen molar-refractivity contribution in [1.82, 2.24) is 10.2 Å². The molecule has 0 bridgehead atoms. The second kappa shape index (κ2) is 4.20. The van der Waals surface area contributed by atoms with E-state index in [4.69, 9.17) is 0 Å². The summed E-state index contributed by atoms with van der Waals surface area (Å²) < 4.78 is 0. The van der Waals surface area contributed by atoms with E-state index in [-0.39, 0.29) is 10.6 Å². The molecule has 0 atom stereocenters.